The predicted molar refractivity (Wildman–Crippen MR) is 117 cm³/mol. The van der Waals surface area contributed by atoms with Crippen LogP contribution in [0.1, 0.15) is 16.7 Å². The molecule has 0 spiro atoms. The molecule has 5 rings (SSSR count). The summed E-state index contributed by atoms with van der Waals surface area (Å²) < 4.78 is 50.2. The van der Waals surface area contributed by atoms with Crippen molar-refractivity contribution in [2.24, 2.45) is 0 Å². The van der Waals surface area contributed by atoms with E-state index in [2.05, 4.69) is 5.32 Å². The smallest absolute Gasteiger partial charge is 0.416 e. The zero-order valence-electron chi connectivity index (χ0n) is 17.6. The zero-order chi connectivity index (χ0) is 23.9. The summed E-state index contributed by atoms with van der Waals surface area (Å²) in [7, 11) is 0. The van der Waals surface area contributed by atoms with Gasteiger partial charge >= 0.3 is 6.18 Å². The van der Waals surface area contributed by atoms with Gasteiger partial charge in [-0.25, -0.2) is 0 Å². The molecule has 0 fully saturated rings. The molecular weight excluding hydrogens is 449 g/mol. The number of amides is 2. The van der Waals surface area contributed by atoms with Crippen LogP contribution in [0.2, 0.25) is 0 Å². The number of anilines is 1. The summed E-state index contributed by atoms with van der Waals surface area (Å²) >= 11 is 0. The van der Waals surface area contributed by atoms with Gasteiger partial charge in [-0.2, -0.15) is 13.2 Å². The lowest BCUT2D eigenvalue weighted by molar-refractivity contribution is -0.138. The van der Waals surface area contributed by atoms with Gasteiger partial charge in [-0.3, -0.25) is 14.5 Å². The Morgan fingerprint density at radius 2 is 1.62 bits per heavy atom. The summed E-state index contributed by atoms with van der Waals surface area (Å²) in [5.41, 5.74) is 0.292. The summed E-state index contributed by atoms with van der Waals surface area (Å²) in [5.74, 6) is -0.116. The van der Waals surface area contributed by atoms with Gasteiger partial charge in [-0.15, -0.1) is 0 Å². The lowest BCUT2D eigenvalue weighted by atomic mass is 10.0. The van der Waals surface area contributed by atoms with Crippen LogP contribution >= 0.6 is 0 Å². The van der Waals surface area contributed by atoms with Gasteiger partial charge in [0.15, 0.2) is 11.5 Å². The number of nitrogens with one attached hydrogen (secondary N) is 1. The maximum absolute atomic E-state index is 13.4. The van der Waals surface area contributed by atoms with Crippen LogP contribution in [0.3, 0.4) is 0 Å². The molecule has 0 saturated carbocycles. The van der Waals surface area contributed by atoms with Crippen molar-refractivity contribution in [3.8, 4) is 11.5 Å². The van der Waals surface area contributed by atoms with Crippen LogP contribution < -0.4 is 14.8 Å². The summed E-state index contributed by atoms with van der Waals surface area (Å²) in [4.78, 5) is 27.7. The Morgan fingerprint density at radius 1 is 0.853 bits per heavy atom. The summed E-state index contributed by atoms with van der Waals surface area (Å²) in [5, 5.41) is 2.76. The van der Waals surface area contributed by atoms with E-state index < -0.39 is 23.6 Å². The Morgan fingerprint density at radius 3 is 2.38 bits per heavy atom. The molecule has 2 aliphatic rings. The molecule has 3 aromatic rings. The number of nitrogens with zero attached hydrogens (tertiary/aromatic N) is 1. The molecule has 9 heteroatoms. The van der Waals surface area contributed by atoms with Gasteiger partial charge in [-0.05, 0) is 41.5 Å². The number of fused-ring (bicyclic) bond motifs is 1. The quantitative estimate of drug-likeness (QED) is 0.546. The second-order valence-electron chi connectivity index (χ2n) is 7.70. The lowest BCUT2D eigenvalue weighted by Crippen LogP contribution is -2.32. The number of carbonyl (C=O) groups is 2. The highest BCUT2D eigenvalue weighted by atomic mass is 19.4. The molecule has 0 saturated heterocycles. The fourth-order valence-corrected chi connectivity index (χ4v) is 3.85. The van der Waals surface area contributed by atoms with E-state index in [0.717, 1.165) is 17.0 Å². The molecule has 34 heavy (non-hydrogen) atoms. The first-order valence-corrected chi connectivity index (χ1v) is 10.3. The molecule has 1 N–H and O–H groups in total. The number of halogens is 3. The average Bonchev–Trinajstić information content (AvgIpc) is 3.38. The molecule has 172 valence electrons. The van der Waals surface area contributed by atoms with Gasteiger partial charge in [0.25, 0.3) is 11.8 Å². The minimum atomic E-state index is -4.55. The van der Waals surface area contributed by atoms with Crippen molar-refractivity contribution in [2.45, 2.75) is 12.7 Å². The van der Waals surface area contributed by atoms with Crippen molar-refractivity contribution in [3.05, 3.63) is 95.2 Å². The van der Waals surface area contributed by atoms with E-state index in [0.29, 0.717) is 22.6 Å². The normalized spacial score (nSPS) is 15.3. The van der Waals surface area contributed by atoms with E-state index in [9.17, 15) is 22.8 Å². The van der Waals surface area contributed by atoms with Crippen molar-refractivity contribution >= 4 is 23.1 Å². The minimum Gasteiger partial charge on any atom is -0.454 e. The first-order valence-electron chi connectivity index (χ1n) is 10.3. The number of alkyl halides is 3. The Labute approximate surface area is 192 Å². The second kappa shape index (κ2) is 8.26. The molecule has 0 bridgehead atoms. The van der Waals surface area contributed by atoms with Gasteiger partial charge in [0.2, 0.25) is 6.79 Å². The molecule has 0 unspecified atom stereocenters. The highest BCUT2D eigenvalue weighted by Crippen LogP contribution is 2.36. The third-order valence-corrected chi connectivity index (χ3v) is 5.47. The van der Waals surface area contributed by atoms with E-state index in [1.54, 1.807) is 48.5 Å². The van der Waals surface area contributed by atoms with E-state index in [-0.39, 0.29) is 30.3 Å². The Bertz CT molecular complexity index is 1320. The van der Waals surface area contributed by atoms with Crippen molar-refractivity contribution in [2.75, 3.05) is 12.1 Å². The number of hydrogen-bond acceptors (Lipinski definition) is 5. The Balaban J connectivity index is 1.50. The number of rotatable bonds is 5. The molecule has 2 aliphatic heterocycles. The zero-order valence-corrected chi connectivity index (χ0v) is 17.6. The average molecular weight is 466 g/mol. The molecule has 2 amide bonds. The van der Waals surface area contributed by atoms with Crippen molar-refractivity contribution in [3.63, 3.8) is 0 Å². The molecular formula is C25H17F3N2O4. The van der Waals surface area contributed by atoms with Crippen LogP contribution in [0.15, 0.2) is 78.5 Å². The first-order chi connectivity index (χ1) is 16.3. The number of carbonyl (C=O) groups excluding carboxylic acids is 2. The Hall–Kier alpha value is -4.27. The summed E-state index contributed by atoms with van der Waals surface area (Å²) in [6, 6.07) is 18.1. The predicted octanol–water partition coefficient (Wildman–Crippen LogP) is 4.83. The third kappa shape index (κ3) is 3.96. The van der Waals surface area contributed by atoms with Gasteiger partial charge < -0.3 is 14.8 Å². The highest BCUT2D eigenvalue weighted by Gasteiger charge is 2.39. The number of imide groups is 1. The summed E-state index contributed by atoms with van der Waals surface area (Å²) in [6.07, 6.45) is -4.55. The van der Waals surface area contributed by atoms with Crippen molar-refractivity contribution < 1.29 is 32.2 Å². The summed E-state index contributed by atoms with van der Waals surface area (Å²) in [6.45, 7) is 0.0452. The molecule has 0 aromatic heterocycles. The topological polar surface area (TPSA) is 67.9 Å². The second-order valence-corrected chi connectivity index (χ2v) is 7.70. The molecule has 0 radical (unpaired) electrons. The largest absolute Gasteiger partial charge is 0.454 e. The third-order valence-electron chi connectivity index (χ3n) is 5.47. The fraction of sp³-hybridized carbons (Fsp3) is 0.120. The molecule has 0 aliphatic carbocycles. The maximum atomic E-state index is 13.4. The SMILES string of the molecule is O=C1C(Nc2cccc(C(F)(F)F)c2)=C(c2ccccc2)C(=O)N1Cc1ccc2c(c1)OCO2. The maximum Gasteiger partial charge on any atom is 0.416 e. The van der Waals surface area contributed by atoms with Crippen LogP contribution in [0, 0.1) is 0 Å². The standard InChI is InChI=1S/C25H17F3N2O4/c26-25(27,28)17-7-4-8-18(12-17)29-22-21(16-5-2-1-3-6-16)23(31)30(24(22)32)13-15-9-10-19-20(11-15)34-14-33-19/h1-12,29H,13-14H2. The van der Waals surface area contributed by atoms with Crippen molar-refractivity contribution in [1.29, 1.82) is 0 Å². The lowest BCUT2D eigenvalue weighted by Gasteiger charge is -2.16. The van der Waals surface area contributed by atoms with Crippen LogP contribution in [-0.4, -0.2) is 23.5 Å². The van der Waals surface area contributed by atoms with Crippen molar-refractivity contribution in [1.82, 2.24) is 4.90 Å². The monoisotopic (exact) mass is 466 g/mol. The molecule has 3 aromatic carbocycles. The van der Waals surface area contributed by atoms with E-state index in [1.165, 1.54) is 12.1 Å². The minimum absolute atomic E-state index is 0.0432. The number of hydrogen-bond donors (Lipinski definition) is 1. The van der Waals surface area contributed by atoms with Gasteiger partial charge in [0, 0.05) is 5.69 Å². The van der Waals surface area contributed by atoms with Gasteiger partial charge in [0.1, 0.15) is 5.70 Å². The number of ether oxygens (including phenoxy) is 2. The van der Waals surface area contributed by atoms with Gasteiger partial charge in [-0.1, -0.05) is 42.5 Å². The molecule has 0 atom stereocenters. The van der Waals surface area contributed by atoms with E-state index in [4.69, 9.17) is 9.47 Å². The van der Waals surface area contributed by atoms with Gasteiger partial charge in [0.05, 0.1) is 17.7 Å². The first kappa shape index (κ1) is 21.6. The molecule has 6 nitrogen and oxygen atoms in total. The van der Waals surface area contributed by atoms with Crippen LogP contribution in [0.4, 0.5) is 18.9 Å². The van der Waals surface area contributed by atoms with E-state index >= 15 is 0 Å². The van der Waals surface area contributed by atoms with Crippen LogP contribution in [0.5, 0.6) is 11.5 Å². The molecule has 2 heterocycles. The van der Waals surface area contributed by atoms with Crippen LogP contribution in [-0.2, 0) is 22.3 Å². The van der Waals surface area contributed by atoms with Crippen LogP contribution in [0.25, 0.3) is 5.57 Å². The number of benzene rings is 3. The fourth-order valence-electron chi connectivity index (χ4n) is 3.85. The Kier molecular flexibility index (Phi) is 5.24. The highest BCUT2D eigenvalue weighted by molar-refractivity contribution is 6.36. The van der Waals surface area contributed by atoms with E-state index in [1.807, 2.05) is 0 Å².